The second kappa shape index (κ2) is 7.12. The standard InChI is InChI=1S/C23H21NO4S/c1-14-5-3-4-6-17(14)28-21-20(22-15(2)9-10-29-22)24(23(21)25)12-16-7-8-18-19(11-16)27-13-26-18/h3-11,20-21H,12-13H2,1-2H3/t20-,21-/m0/s1. The van der Waals surface area contributed by atoms with Gasteiger partial charge in [-0.15, -0.1) is 11.3 Å². The lowest BCUT2D eigenvalue weighted by Crippen LogP contribution is -2.60. The fourth-order valence-corrected chi connectivity index (χ4v) is 4.90. The van der Waals surface area contributed by atoms with Gasteiger partial charge in [0, 0.05) is 11.4 Å². The Hall–Kier alpha value is -2.99. The van der Waals surface area contributed by atoms with Crippen LogP contribution in [0.5, 0.6) is 17.2 Å². The lowest BCUT2D eigenvalue weighted by molar-refractivity contribution is -0.165. The molecule has 148 valence electrons. The molecule has 2 aromatic carbocycles. The van der Waals surface area contributed by atoms with Crippen LogP contribution in [-0.4, -0.2) is 23.7 Å². The number of ether oxygens (including phenoxy) is 3. The molecule has 0 bridgehead atoms. The number of hydrogen-bond donors (Lipinski definition) is 0. The lowest BCUT2D eigenvalue weighted by atomic mass is 9.93. The van der Waals surface area contributed by atoms with Crippen molar-refractivity contribution in [3.63, 3.8) is 0 Å². The van der Waals surface area contributed by atoms with Crippen LogP contribution in [0.25, 0.3) is 0 Å². The number of benzene rings is 2. The SMILES string of the molecule is Cc1ccccc1O[C@@H]1C(=O)N(Cc2ccc3c(c2)OCO3)[C@@H]1c1sccc1C. The van der Waals surface area contributed by atoms with Crippen LogP contribution >= 0.6 is 11.3 Å². The van der Waals surface area contributed by atoms with Crippen LogP contribution in [0.1, 0.15) is 27.6 Å². The topological polar surface area (TPSA) is 48.0 Å². The Kier molecular flexibility index (Phi) is 4.43. The van der Waals surface area contributed by atoms with E-state index in [9.17, 15) is 4.79 Å². The maximum absolute atomic E-state index is 13.1. The van der Waals surface area contributed by atoms with Gasteiger partial charge in [0.05, 0.1) is 0 Å². The van der Waals surface area contributed by atoms with Crippen LogP contribution in [0, 0.1) is 13.8 Å². The third kappa shape index (κ3) is 3.13. The minimum absolute atomic E-state index is 0.00344. The van der Waals surface area contributed by atoms with Gasteiger partial charge in [0.2, 0.25) is 12.9 Å². The van der Waals surface area contributed by atoms with E-state index >= 15 is 0 Å². The van der Waals surface area contributed by atoms with Gasteiger partial charge in [-0.3, -0.25) is 4.79 Å². The van der Waals surface area contributed by atoms with Gasteiger partial charge in [0.25, 0.3) is 5.91 Å². The summed E-state index contributed by atoms with van der Waals surface area (Å²) in [5.74, 6) is 2.23. The predicted molar refractivity (Wildman–Crippen MR) is 111 cm³/mol. The number of thiophene rings is 1. The molecule has 5 rings (SSSR count). The first-order valence-electron chi connectivity index (χ1n) is 9.57. The Labute approximate surface area is 173 Å². The van der Waals surface area contributed by atoms with Gasteiger partial charge in [-0.05, 0) is 60.2 Å². The third-order valence-corrected chi connectivity index (χ3v) is 6.55. The molecular formula is C23H21NO4S. The van der Waals surface area contributed by atoms with Gasteiger partial charge in [0.15, 0.2) is 11.5 Å². The van der Waals surface area contributed by atoms with Crippen molar-refractivity contribution in [1.82, 2.24) is 4.90 Å². The molecule has 2 atom stereocenters. The molecule has 5 nitrogen and oxygen atoms in total. The highest BCUT2D eigenvalue weighted by molar-refractivity contribution is 7.10. The highest BCUT2D eigenvalue weighted by atomic mass is 32.1. The molecule has 6 heteroatoms. The van der Waals surface area contributed by atoms with E-state index in [4.69, 9.17) is 14.2 Å². The second-order valence-electron chi connectivity index (χ2n) is 7.37. The average molecular weight is 407 g/mol. The molecule has 1 aromatic heterocycles. The van der Waals surface area contributed by atoms with E-state index in [-0.39, 0.29) is 18.7 Å². The molecule has 0 saturated carbocycles. The predicted octanol–water partition coefficient (Wildman–Crippen LogP) is 4.62. The van der Waals surface area contributed by atoms with Crippen LogP contribution < -0.4 is 14.2 Å². The summed E-state index contributed by atoms with van der Waals surface area (Å²) in [5, 5.41) is 2.07. The van der Waals surface area contributed by atoms with Crippen molar-refractivity contribution in [3.05, 3.63) is 75.5 Å². The molecule has 2 aliphatic heterocycles. The molecule has 1 fully saturated rings. The van der Waals surface area contributed by atoms with Crippen molar-refractivity contribution in [1.29, 1.82) is 0 Å². The molecule has 0 N–H and O–H groups in total. The Morgan fingerprint density at radius 3 is 2.69 bits per heavy atom. The lowest BCUT2D eigenvalue weighted by Gasteiger charge is -2.46. The number of likely N-dealkylation sites (tertiary alicyclic amines) is 1. The Morgan fingerprint density at radius 2 is 1.90 bits per heavy atom. The Balaban J connectivity index is 1.43. The van der Waals surface area contributed by atoms with Crippen LogP contribution in [-0.2, 0) is 11.3 Å². The average Bonchev–Trinajstić information content (AvgIpc) is 3.36. The van der Waals surface area contributed by atoms with E-state index in [0.29, 0.717) is 6.54 Å². The number of β-lactam (4-membered cyclic amide) rings is 1. The maximum Gasteiger partial charge on any atom is 0.267 e. The second-order valence-corrected chi connectivity index (χ2v) is 8.32. The zero-order valence-electron chi connectivity index (χ0n) is 16.3. The van der Waals surface area contributed by atoms with Crippen molar-refractivity contribution in [2.45, 2.75) is 32.5 Å². The van der Waals surface area contributed by atoms with Gasteiger partial charge in [0.1, 0.15) is 11.8 Å². The molecule has 0 radical (unpaired) electrons. The Morgan fingerprint density at radius 1 is 1.07 bits per heavy atom. The number of carbonyl (C=O) groups excluding carboxylic acids is 1. The molecule has 1 saturated heterocycles. The smallest absolute Gasteiger partial charge is 0.267 e. The number of rotatable bonds is 5. The maximum atomic E-state index is 13.1. The summed E-state index contributed by atoms with van der Waals surface area (Å²) in [6, 6.07) is 15.6. The first kappa shape index (κ1) is 18.1. The number of amides is 1. The van der Waals surface area contributed by atoms with Gasteiger partial charge >= 0.3 is 0 Å². The highest BCUT2D eigenvalue weighted by Crippen LogP contribution is 2.43. The quantitative estimate of drug-likeness (QED) is 0.579. The molecule has 1 amide bonds. The number of carbonyl (C=O) groups is 1. The number of hydrogen-bond acceptors (Lipinski definition) is 5. The molecule has 29 heavy (non-hydrogen) atoms. The van der Waals surface area contributed by atoms with Crippen molar-refractivity contribution >= 4 is 17.2 Å². The highest BCUT2D eigenvalue weighted by Gasteiger charge is 2.51. The van der Waals surface area contributed by atoms with E-state index in [1.54, 1.807) is 11.3 Å². The number of fused-ring (bicyclic) bond motifs is 1. The van der Waals surface area contributed by atoms with Crippen LogP contribution in [0.4, 0.5) is 0 Å². The van der Waals surface area contributed by atoms with E-state index in [1.165, 1.54) is 10.4 Å². The van der Waals surface area contributed by atoms with E-state index in [1.807, 2.05) is 54.3 Å². The van der Waals surface area contributed by atoms with E-state index in [2.05, 4.69) is 18.4 Å². The fourth-order valence-electron chi connectivity index (χ4n) is 3.84. The Bertz CT molecular complexity index is 1080. The fraction of sp³-hybridized carbons (Fsp3) is 0.261. The first-order valence-corrected chi connectivity index (χ1v) is 10.4. The number of para-hydroxylation sites is 1. The zero-order chi connectivity index (χ0) is 20.0. The normalized spacial score (nSPS) is 19.9. The summed E-state index contributed by atoms with van der Waals surface area (Å²) < 4.78 is 17.1. The van der Waals surface area contributed by atoms with Crippen molar-refractivity contribution in [2.75, 3.05) is 6.79 Å². The molecule has 3 aromatic rings. The van der Waals surface area contributed by atoms with Crippen molar-refractivity contribution in [3.8, 4) is 17.2 Å². The largest absolute Gasteiger partial charge is 0.478 e. The molecule has 0 aliphatic carbocycles. The van der Waals surface area contributed by atoms with E-state index < -0.39 is 6.10 Å². The van der Waals surface area contributed by atoms with Crippen LogP contribution in [0.15, 0.2) is 53.9 Å². The summed E-state index contributed by atoms with van der Waals surface area (Å²) in [7, 11) is 0. The van der Waals surface area contributed by atoms with Crippen LogP contribution in [0.3, 0.4) is 0 Å². The minimum atomic E-state index is -0.512. The van der Waals surface area contributed by atoms with Gasteiger partial charge < -0.3 is 19.1 Å². The molecule has 0 unspecified atom stereocenters. The van der Waals surface area contributed by atoms with Crippen molar-refractivity contribution < 1.29 is 19.0 Å². The van der Waals surface area contributed by atoms with Gasteiger partial charge in [-0.2, -0.15) is 0 Å². The third-order valence-electron chi connectivity index (χ3n) is 5.46. The monoisotopic (exact) mass is 407 g/mol. The molecular weight excluding hydrogens is 386 g/mol. The molecule has 2 aliphatic rings. The molecule has 0 spiro atoms. The summed E-state index contributed by atoms with van der Waals surface area (Å²) in [4.78, 5) is 16.1. The summed E-state index contributed by atoms with van der Waals surface area (Å²) in [6.07, 6.45) is -0.512. The minimum Gasteiger partial charge on any atom is -0.478 e. The number of aryl methyl sites for hydroxylation is 2. The first-order chi connectivity index (χ1) is 14.1. The summed E-state index contributed by atoms with van der Waals surface area (Å²) in [5.41, 5.74) is 3.22. The summed E-state index contributed by atoms with van der Waals surface area (Å²) >= 11 is 1.67. The zero-order valence-corrected chi connectivity index (χ0v) is 17.1. The number of nitrogens with zero attached hydrogens (tertiary/aromatic N) is 1. The van der Waals surface area contributed by atoms with Gasteiger partial charge in [-0.1, -0.05) is 24.3 Å². The van der Waals surface area contributed by atoms with E-state index in [0.717, 1.165) is 28.4 Å². The summed E-state index contributed by atoms with van der Waals surface area (Å²) in [6.45, 7) is 4.82. The molecule has 3 heterocycles. The van der Waals surface area contributed by atoms with Crippen LogP contribution in [0.2, 0.25) is 0 Å². The van der Waals surface area contributed by atoms with Crippen molar-refractivity contribution in [2.24, 2.45) is 0 Å². The van der Waals surface area contributed by atoms with Gasteiger partial charge in [-0.25, -0.2) is 0 Å².